The molecule has 0 heterocycles. The molecule has 1 fully saturated rings. The lowest BCUT2D eigenvalue weighted by atomic mass is 9.79. The van der Waals surface area contributed by atoms with E-state index in [2.05, 4.69) is 24.5 Å². The largest absolute Gasteiger partial charge is 0.382 e. The molecule has 0 bridgehead atoms. The van der Waals surface area contributed by atoms with E-state index in [4.69, 9.17) is 5.73 Å². The molecule has 4 nitrogen and oxygen atoms in total. The number of amides is 2. The predicted octanol–water partition coefficient (Wildman–Crippen LogP) is 3.80. The van der Waals surface area contributed by atoms with Gasteiger partial charge in [-0.25, -0.2) is 4.79 Å². The van der Waals surface area contributed by atoms with Gasteiger partial charge in [0.2, 0.25) is 0 Å². The highest BCUT2D eigenvalue weighted by Gasteiger charge is 2.22. The van der Waals surface area contributed by atoms with Crippen LogP contribution in [0.2, 0.25) is 0 Å². The molecule has 0 atom stereocenters. The quantitative estimate of drug-likeness (QED) is 0.782. The van der Waals surface area contributed by atoms with Crippen molar-refractivity contribution in [2.75, 3.05) is 10.6 Å². The summed E-state index contributed by atoms with van der Waals surface area (Å²) in [5.41, 5.74) is 6.91. The Morgan fingerprint density at radius 1 is 1.20 bits per heavy atom. The molecule has 0 unspecified atom stereocenters. The van der Waals surface area contributed by atoms with E-state index in [-0.39, 0.29) is 0 Å². The molecule has 4 N–H and O–H groups in total. The van der Waals surface area contributed by atoms with Crippen LogP contribution < -0.4 is 16.4 Å². The van der Waals surface area contributed by atoms with Crippen molar-refractivity contribution < 1.29 is 4.79 Å². The molecule has 0 aliphatic heterocycles. The average molecular weight is 275 g/mol. The number of urea groups is 1. The molecule has 0 saturated heterocycles. The van der Waals surface area contributed by atoms with Crippen LogP contribution >= 0.6 is 0 Å². The highest BCUT2D eigenvalue weighted by molar-refractivity contribution is 5.88. The predicted molar refractivity (Wildman–Crippen MR) is 83.9 cm³/mol. The van der Waals surface area contributed by atoms with Gasteiger partial charge in [-0.3, -0.25) is 0 Å². The van der Waals surface area contributed by atoms with Gasteiger partial charge in [0.15, 0.2) is 0 Å². The Bertz CT molecular complexity index is 451. The van der Waals surface area contributed by atoms with Gasteiger partial charge in [-0.2, -0.15) is 0 Å². The van der Waals surface area contributed by atoms with Gasteiger partial charge >= 0.3 is 6.03 Å². The van der Waals surface area contributed by atoms with Crippen LogP contribution in [-0.4, -0.2) is 12.1 Å². The molecule has 1 aliphatic carbocycles. The van der Waals surface area contributed by atoms with Crippen LogP contribution in [0.25, 0.3) is 0 Å². The van der Waals surface area contributed by atoms with Crippen molar-refractivity contribution in [1.82, 2.24) is 0 Å². The third-order valence-electron chi connectivity index (χ3n) is 4.22. The van der Waals surface area contributed by atoms with Crippen molar-refractivity contribution in [2.45, 2.75) is 45.6 Å². The molecule has 1 aromatic carbocycles. The topological polar surface area (TPSA) is 67.2 Å². The second-order valence-electron chi connectivity index (χ2n) is 6.07. The summed E-state index contributed by atoms with van der Waals surface area (Å²) >= 11 is 0. The van der Waals surface area contributed by atoms with E-state index in [9.17, 15) is 4.79 Å². The van der Waals surface area contributed by atoms with Crippen LogP contribution in [0, 0.1) is 11.8 Å². The first-order valence-electron chi connectivity index (χ1n) is 7.47. The van der Waals surface area contributed by atoms with Crippen LogP contribution in [-0.2, 0) is 0 Å². The maximum atomic E-state index is 10.9. The molecule has 0 aromatic heterocycles. The molecular formula is C16H25N3O. The Kier molecular flexibility index (Phi) is 4.88. The van der Waals surface area contributed by atoms with Crippen molar-refractivity contribution in [3.8, 4) is 0 Å². The van der Waals surface area contributed by atoms with E-state index < -0.39 is 6.03 Å². The Morgan fingerprint density at radius 2 is 1.85 bits per heavy atom. The third kappa shape index (κ3) is 4.15. The highest BCUT2D eigenvalue weighted by Crippen LogP contribution is 2.31. The second-order valence-corrected chi connectivity index (χ2v) is 6.07. The summed E-state index contributed by atoms with van der Waals surface area (Å²) in [6.45, 7) is 4.63. The van der Waals surface area contributed by atoms with Gasteiger partial charge in [0.05, 0.1) is 0 Å². The molecule has 2 amide bonds. The molecule has 20 heavy (non-hydrogen) atoms. The molecule has 1 aliphatic rings. The van der Waals surface area contributed by atoms with Crippen molar-refractivity contribution in [2.24, 2.45) is 17.6 Å². The van der Waals surface area contributed by atoms with Crippen LogP contribution in [0.4, 0.5) is 16.2 Å². The van der Waals surface area contributed by atoms with E-state index in [0.717, 1.165) is 23.2 Å². The molecule has 2 rings (SSSR count). The molecule has 1 aromatic rings. The number of carbonyl (C=O) groups is 1. The summed E-state index contributed by atoms with van der Waals surface area (Å²) in [6, 6.07) is 7.73. The maximum absolute atomic E-state index is 10.9. The first-order chi connectivity index (χ1) is 9.54. The van der Waals surface area contributed by atoms with Gasteiger partial charge < -0.3 is 16.4 Å². The number of carbonyl (C=O) groups excluding carboxylic acids is 1. The van der Waals surface area contributed by atoms with Gasteiger partial charge in [0.1, 0.15) is 0 Å². The first kappa shape index (κ1) is 14.7. The summed E-state index contributed by atoms with van der Waals surface area (Å²) in [6.07, 6.45) is 5.04. The van der Waals surface area contributed by atoms with E-state index >= 15 is 0 Å². The van der Waals surface area contributed by atoms with Gasteiger partial charge in [0, 0.05) is 17.4 Å². The van der Waals surface area contributed by atoms with Crippen LogP contribution in [0.5, 0.6) is 0 Å². The number of anilines is 2. The lowest BCUT2D eigenvalue weighted by molar-refractivity contribution is 0.259. The van der Waals surface area contributed by atoms with Crippen molar-refractivity contribution >= 4 is 17.4 Å². The van der Waals surface area contributed by atoms with Crippen LogP contribution in [0.1, 0.15) is 39.5 Å². The summed E-state index contributed by atoms with van der Waals surface area (Å²) in [4.78, 5) is 10.9. The summed E-state index contributed by atoms with van der Waals surface area (Å²) in [5, 5.41) is 6.17. The number of benzene rings is 1. The number of hydrogen-bond donors (Lipinski definition) is 3. The number of hydrogen-bond acceptors (Lipinski definition) is 2. The monoisotopic (exact) mass is 275 g/mol. The fourth-order valence-electron chi connectivity index (χ4n) is 2.99. The number of nitrogens with two attached hydrogens (primary N) is 1. The highest BCUT2D eigenvalue weighted by atomic mass is 16.2. The standard InChI is InChI=1S/C16H25N3O/c1-11(2)12-6-8-13(9-7-12)18-14-4-3-5-15(10-14)19-16(17)20/h3-5,10-13,18H,6-9H2,1-2H3,(H3,17,19,20). The Morgan fingerprint density at radius 3 is 2.45 bits per heavy atom. The summed E-state index contributed by atoms with van der Waals surface area (Å²) in [5.74, 6) is 1.66. The minimum absolute atomic E-state index is 0.528. The van der Waals surface area contributed by atoms with Gasteiger partial charge in [-0.05, 0) is 55.7 Å². The first-order valence-corrected chi connectivity index (χ1v) is 7.47. The van der Waals surface area contributed by atoms with Crippen molar-refractivity contribution in [3.05, 3.63) is 24.3 Å². The van der Waals surface area contributed by atoms with Crippen molar-refractivity contribution in [3.63, 3.8) is 0 Å². The minimum Gasteiger partial charge on any atom is -0.382 e. The smallest absolute Gasteiger partial charge is 0.316 e. The molecule has 4 heteroatoms. The molecule has 1 saturated carbocycles. The zero-order valence-electron chi connectivity index (χ0n) is 12.4. The second kappa shape index (κ2) is 6.64. The number of rotatable bonds is 4. The number of nitrogens with one attached hydrogen (secondary N) is 2. The Balaban J connectivity index is 1.89. The average Bonchev–Trinajstić information content (AvgIpc) is 2.39. The fraction of sp³-hybridized carbons (Fsp3) is 0.562. The SMILES string of the molecule is CC(C)C1CCC(Nc2cccc(NC(N)=O)c2)CC1. The Hall–Kier alpha value is -1.71. The lowest BCUT2D eigenvalue weighted by Gasteiger charge is -2.32. The molecule has 0 spiro atoms. The van der Waals surface area contributed by atoms with E-state index in [1.165, 1.54) is 25.7 Å². The lowest BCUT2D eigenvalue weighted by Crippen LogP contribution is -2.28. The fourth-order valence-corrected chi connectivity index (χ4v) is 2.99. The van der Waals surface area contributed by atoms with Gasteiger partial charge in [-0.15, -0.1) is 0 Å². The molecule has 110 valence electrons. The number of primary amides is 1. The van der Waals surface area contributed by atoms with E-state index in [1.54, 1.807) is 0 Å². The molecule has 0 radical (unpaired) electrons. The zero-order chi connectivity index (χ0) is 14.5. The Labute approximate surface area is 121 Å². The van der Waals surface area contributed by atoms with E-state index in [1.807, 2.05) is 24.3 Å². The van der Waals surface area contributed by atoms with Crippen molar-refractivity contribution in [1.29, 1.82) is 0 Å². The van der Waals surface area contributed by atoms with Gasteiger partial charge in [-0.1, -0.05) is 19.9 Å². The summed E-state index contributed by atoms with van der Waals surface area (Å²) < 4.78 is 0. The zero-order valence-corrected chi connectivity index (χ0v) is 12.4. The van der Waals surface area contributed by atoms with Crippen LogP contribution in [0.15, 0.2) is 24.3 Å². The van der Waals surface area contributed by atoms with Gasteiger partial charge in [0.25, 0.3) is 0 Å². The van der Waals surface area contributed by atoms with E-state index in [0.29, 0.717) is 6.04 Å². The normalized spacial score (nSPS) is 22.6. The summed E-state index contributed by atoms with van der Waals surface area (Å²) in [7, 11) is 0. The minimum atomic E-state index is -0.528. The third-order valence-corrected chi connectivity index (χ3v) is 4.22. The maximum Gasteiger partial charge on any atom is 0.316 e. The molecular weight excluding hydrogens is 250 g/mol. The van der Waals surface area contributed by atoms with Crippen LogP contribution in [0.3, 0.4) is 0 Å².